The van der Waals surface area contributed by atoms with Gasteiger partial charge in [0, 0.05) is 10.9 Å². The highest BCUT2D eigenvalue weighted by Gasteiger charge is 2.61. The zero-order valence-electron chi connectivity index (χ0n) is 21.2. The fraction of sp³-hybridized carbons (Fsp3) is 0.556. The molecule has 1 aromatic heterocycles. The first kappa shape index (κ1) is 23.8. The number of hydrogen-bond acceptors (Lipinski definition) is 6. The van der Waals surface area contributed by atoms with Gasteiger partial charge in [-0.25, -0.2) is 0 Å². The first-order valence-electron chi connectivity index (χ1n) is 12.6. The van der Waals surface area contributed by atoms with E-state index in [0.717, 1.165) is 46.4 Å². The van der Waals surface area contributed by atoms with Crippen LogP contribution in [0.4, 0.5) is 0 Å². The maximum Gasteiger partial charge on any atom is 0.469 e. The number of rotatable bonds is 6. The normalized spacial score (nSPS) is 21.8. The van der Waals surface area contributed by atoms with Crippen molar-refractivity contribution < 1.29 is 14.0 Å². The summed E-state index contributed by atoms with van der Waals surface area (Å²) in [4.78, 5) is 0. The minimum Gasteiger partial charge on any atom is -0.491 e. The third-order valence-electron chi connectivity index (χ3n) is 8.22. The van der Waals surface area contributed by atoms with Crippen LogP contribution in [0.3, 0.4) is 0 Å². The molecule has 1 aliphatic heterocycles. The van der Waals surface area contributed by atoms with E-state index in [0.29, 0.717) is 0 Å². The van der Waals surface area contributed by atoms with Crippen LogP contribution in [-0.2, 0) is 14.6 Å². The van der Waals surface area contributed by atoms with Crippen LogP contribution < -0.4 is 4.74 Å². The number of benzene rings is 2. The van der Waals surface area contributed by atoms with Crippen molar-refractivity contribution in [2.45, 2.75) is 96.3 Å². The van der Waals surface area contributed by atoms with Crippen molar-refractivity contribution in [2.24, 2.45) is 0 Å². The predicted octanol–water partition coefficient (Wildman–Crippen LogP) is 6.98. The maximum absolute atomic E-state index is 6.63. The molecule has 5 rings (SSSR count). The van der Waals surface area contributed by atoms with Gasteiger partial charge in [-0.05, 0) is 88.7 Å². The summed E-state index contributed by atoms with van der Waals surface area (Å²) in [5.74, 6) is 0.896. The Labute approximate surface area is 207 Å². The third kappa shape index (κ3) is 3.86. The lowest BCUT2D eigenvalue weighted by molar-refractivity contribution is 0.00578. The standard InChI is InChI=1S/C27H35BN2O3S/c1-7-18(2)31-20-12-10-19(11-13-20)21-14-15-22(24-23(21)29-30-34-24)27(16-8-9-17-27)28-32-25(3,4)26(5,6)33-28/h10-15,18H,7-9,16-17H2,1-6H3/t18-/m1/s1. The first-order chi connectivity index (χ1) is 16.2. The van der Waals surface area contributed by atoms with Crippen molar-refractivity contribution >= 4 is 28.9 Å². The monoisotopic (exact) mass is 478 g/mol. The molecule has 0 N–H and O–H groups in total. The molecule has 0 bridgehead atoms. The molecule has 1 saturated carbocycles. The average Bonchev–Trinajstić information content (AvgIpc) is 3.53. The molecule has 1 saturated heterocycles. The van der Waals surface area contributed by atoms with Crippen molar-refractivity contribution in [3.05, 3.63) is 42.0 Å². The molecule has 1 atom stereocenters. The number of nitrogens with zero attached hydrogens (tertiary/aromatic N) is 2. The van der Waals surface area contributed by atoms with Crippen LogP contribution in [0.15, 0.2) is 36.4 Å². The summed E-state index contributed by atoms with van der Waals surface area (Å²) in [5.41, 5.74) is 3.76. The minimum absolute atomic E-state index is 0.177. The van der Waals surface area contributed by atoms with Gasteiger partial charge in [0.15, 0.2) is 0 Å². The summed E-state index contributed by atoms with van der Waals surface area (Å²) in [5, 5.41) is 4.41. The van der Waals surface area contributed by atoms with Crippen LogP contribution in [0.1, 0.15) is 79.2 Å². The van der Waals surface area contributed by atoms with E-state index in [-0.39, 0.29) is 29.7 Å². The average molecular weight is 478 g/mol. The van der Waals surface area contributed by atoms with Gasteiger partial charge in [0.2, 0.25) is 0 Å². The summed E-state index contributed by atoms with van der Waals surface area (Å²) in [6.45, 7) is 12.8. The summed E-state index contributed by atoms with van der Waals surface area (Å²) in [6, 6.07) is 12.8. The van der Waals surface area contributed by atoms with Gasteiger partial charge in [0.05, 0.1) is 22.0 Å². The lowest BCUT2D eigenvalue weighted by Crippen LogP contribution is -2.44. The smallest absolute Gasteiger partial charge is 0.469 e. The zero-order chi connectivity index (χ0) is 24.1. The zero-order valence-corrected chi connectivity index (χ0v) is 22.0. The highest BCUT2D eigenvalue weighted by molar-refractivity contribution is 7.13. The fourth-order valence-corrected chi connectivity index (χ4v) is 6.04. The molecule has 3 aromatic rings. The van der Waals surface area contributed by atoms with E-state index in [1.165, 1.54) is 29.9 Å². The number of aromatic nitrogens is 2. The summed E-state index contributed by atoms with van der Waals surface area (Å²) in [6.07, 6.45) is 5.65. The lowest BCUT2D eigenvalue weighted by atomic mass is 9.52. The van der Waals surface area contributed by atoms with Crippen molar-refractivity contribution in [3.63, 3.8) is 0 Å². The van der Waals surface area contributed by atoms with Gasteiger partial charge in [-0.15, -0.1) is 5.10 Å². The van der Waals surface area contributed by atoms with E-state index < -0.39 is 0 Å². The predicted molar refractivity (Wildman–Crippen MR) is 139 cm³/mol. The molecule has 0 radical (unpaired) electrons. The fourth-order valence-electron chi connectivity index (χ4n) is 5.23. The van der Waals surface area contributed by atoms with Crippen LogP contribution in [0, 0.1) is 0 Å². The van der Waals surface area contributed by atoms with Crippen LogP contribution in [0.5, 0.6) is 5.75 Å². The van der Waals surface area contributed by atoms with Gasteiger partial charge < -0.3 is 14.0 Å². The topological polar surface area (TPSA) is 53.5 Å². The Morgan fingerprint density at radius 3 is 2.26 bits per heavy atom. The van der Waals surface area contributed by atoms with E-state index in [9.17, 15) is 0 Å². The Morgan fingerprint density at radius 2 is 1.65 bits per heavy atom. The highest BCUT2D eigenvalue weighted by atomic mass is 32.1. The van der Waals surface area contributed by atoms with Gasteiger partial charge in [-0.2, -0.15) is 0 Å². The van der Waals surface area contributed by atoms with Crippen molar-refractivity contribution in [1.29, 1.82) is 0 Å². The second kappa shape index (κ2) is 8.61. The molecule has 180 valence electrons. The molecular formula is C27H35BN2O3S. The Kier molecular flexibility index (Phi) is 6.02. The van der Waals surface area contributed by atoms with Gasteiger partial charge >= 0.3 is 7.12 Å². The Hall–Kier alpha value is -1.96. The lowest BCUT2D eigenvalue weighted by Gasteiger charge is -2.32. The molecule has 2 aliphatic rings. The van der Waals surface area contributed by atoms with Crippen molar-refractivity contribution in [1.82, 2.24) is 9.59 Å². The summed E-state index contributed by atoms with van der Waals surface area (Å²) < 4.78 is 24.8. The molecule has 7 heteroatoms. The Bertz CT molecular complexity index is 1150. The number of ether oxygens (including phenoxy) is 1. The molecular weight excluding hydrogens is 443 g/mol. The van der Waals surface area contributed by atoms with E-state index >= 15 is 0 Å². The number of hydrogen-bond donors (Lipinski definition) is 0. The minimum atomic E-state index is -0.350. The van der Waals surface area contributed by atoms with E-state index in [1.54, 1.807) is 0 Å². The quantitative estimate of drug-likeness (QED) is 0.358. The number of fused-ring (bicyclic) bond motifs is 1. The van der Waals surface area contributed by atoms with Crippen LogP contribution >= 0.6 is 11.5 Å². The van der Waals surface area contributed by atoms with Gasteiger partial charge in [-0.3, -0.25) is 0 Å². The van der Waals surface area contributed by atoms with Crippen LogP contribution in [0.25, 0.3) is 21.3 Å². The second-order valence-corrected chi connectivity index (χ2v) is 11.7. The molecule has 0 unspecified atom stereocenters. The molecule has 34 heavy (non-hydrogen) atoms. The first-order valence-corrected chi connectivity index (χ1v) is 13.3. The van der Waals surface area contributed by atoms with Crippen molar-refractivity contribution in [2.75, 3.05) is 0 Å². The molecule has 2 heterocycles. The largest absolute Gasteiger partial charge is 0.491 e. The molecule has 2 fully saturated rings. The van der Waals surface area contributed by atoms with Crippen LogP contribution in [-0.4, -0.2) is 34.0 Å². The third-order valence-corrected chi connectivity index (χ3v) is 8.98. The molecule has 0 amide bonds. The van der Waals surface area contributed by atoms with E-state index in [2.05, 4.69) is 75.4 Å². The molecule has 0 spiro atoms. The SMILES string of the molecule is CC[C@@H](C)Oc1ccc(-c2ccc(C3(B4OC(C)(C)C(C)(C)O4)CCCC3)c3snnc23)cc1. The molecule has 5 nitrogen and oxygen atoms in total. The highest BCUT2D eigenvalue weighted by Crippen LogP contribution is 2.52. The van der Waals surface area contributed by atoms with Gasteiger partial charge in [0.25, 0.3) is 0 Å². The summed E-state index contributed by atoms with van der Waals surface area (Å²) >= 11 is 1.48. The van der Waals surface area contributed by atoms with Crippen molar-refractivity contribution in [3.8, 4) is 16.9 Å². The van der Waals surface area contributed by atoms with Gasteiger partial charge in [-0.1, -0.05) is 48.5 Å². The van der Waals surface area contributed by atoms with E-state index in [1.807, 2.05) is 12.1 Å². The maximum atomic E-state index is 6.63. The second-order valence-electron chi connectivity index (χ2n) is 10.9. The Balaban J connectivity index is 1.54. The van der Waals surface area contributed by atoms with E-state index in [4.69, 9.17) is 14.0 Å². The summed E-state index contributed by atoms with van der Waals surface area (Å²) in [7, 11) is -0.270. The molecule has 1 aliphatic carbocycles. The Morgan fingerprint density at radius 1 is 1.00 bits per heavy atom. The van der Waals surface area contributed by atoms with Gasteiger partial charge in [0.1, 0.15) is 11.3 Å². The van der Waals surface area contributed by atoms with Crippen LogP contribution in [0.2, 0.25) is 0 Å². The molecule has 2 aromatic carbocycles.